The molecular formula is C18H25N5O4. The fourth-order valence-corrected chi connectivity index (χ4v) is 2.84. The summed E-state index contributed by atoms with van der Waals surface area (Å²) >= 11 is 0. The number of amides is 3. The van der Waals surface area contributed by atoms with Crippen molar-refractivity contribution in [2.24, 2.45) is 5.73 Å². The molecule has 9 nitrogen and oxygen atoms in total. The van der Waals surface area contributed by atoms with Gasteiger partial charge in [-0.05, 0) is 44.5 Å². The van der Waals surface area contributed by atoms with Crippen molar-refractivity contribution in [2.45, 2.75) is 38.8 Å². The van der Waals surface area contributed by atoms with Crippen molar-refractivity contribution in [3.8, 4) is 0 Å². The molecule has 0 aliphatic carbocycles. The molecule has 1 aliphatic heterocycles. The van der Waals surface area contributed by atoms with Crippen molar-refractivity contribution in [3.63, 3.8) is 0 Å². The van der Waals surface area contributed by atoms with E-state index in [1.165, 1.54) is 0 Å². The second-order valence-electron chi connectivity index (χ2n) is 6.32. The molecular weight excluding hydrogens is 350 g/mol. The number of carbonyl (C=O) groups excluding carboxylic acids is 3. The lowest BCUT2D eigenvalue weighted by molar-refractivity contribution is -0.143. The number of hydrogen-bond donors (Lipinski definition) is 4. The zero-order valence-electron chi connectivity index (χ0n) is 15.5. The minimum atomic E-state index is -0.632. The first-order valence-electron chi connectivity index (χ1n) is 8.80. The number of urea groups is 1. The highest BCUT2D eigenvalue weighted by atomic mass is 16.5. The van der Waals surface area contributed by atoms with Crippen molar-refractivity contribution in [3.05, 3.63) is 29.8 Å². The number of nitrogen functional groups attached to an aromatic ring is 1. The third kappa shape index (κ3) is 5.44. The Morgan fingerprint density at radius 1 is 1.37 bits per heavy atom. The largest absolute Gasteiger partial charge is 0.466 e. The van der Waals surface area contributed by atoms with E-state index in [-0.39, 0.29) is 30.7 Å². The third-order valence-corrected chi connectivity index (χ3v) is 4.16. The van der Waals surface area contributed by atoms with Crippen LogP contribution >= 0.6 is 0 Å². The first kappa shape index (κ1) is 20.2. The molecule has 1 aliphatic rings. The summed E-state index contributed by atoms with van der Waals surface area (Å²) in [5.74, 6) is -0.636. The second kappa shape index (κ2) is 9.02. The van der Waals surface area contributed by atoms with Gasteiger partial charge in [-0.25, -0.2) is 4.79 Å². The number of nitrogens with zero attached hydrogens (tertiary/aromatic N) is 1. The van der Waals surface area contributed by atoms with Crippen LogP contribution in [0.5, 0.6) is 0 Å². The monoisotopic (exact) mass is 375 g/mol. The van der Waals surface area contributed by atoms with Gasteiger partial charge in [0.05, 0.1) is 13.0 Å². The second-order valence-corrected chi connectivity index (χ2v) is 6.32. The average Bonchev–Trinajstić information content (AvgIpc) is 2.95. The van der Waals surface area contributed by atoms with Gasteiger partial charge in [-0.3, -0.25) is 15.0 Å². The normalized spacial score (nSPS) is 17.3. The molecule has 146 valence electrons. The summed E-state index contributed by atoms with van der Waals surface area (Å²) in [6.07, 6.45) is 0.543. The summed E-state index contributed by atoms with van der Waals surface area (Å²) in [5, 5.41) is 12.7. The van der Waals surface area contributed by atoms with E-state index in [2.05, 4.69) is 10.6 Å². The van der Waals surface area contributed by atoms with Gasteiger partial charge in [0.1, 0.15) is 11.9 Å². The first-order valence-corrected chi connectivity index (χ1v) is 8.80. The summed E-state index contributed by atoms with van der Waals surface area (Å²) in [6, 6.07) is 5.25. The molecule has 1 aromatic rings. The molecule has 0 bridgehead atoms. The number of carbonyl (C=O) groups is 3. The zero-order chi connectivity index (χ0) is 20.0. The van der Waals surface area contributed by atoms with Gasteiger partial charge in [0.2, 0.25) is 5.91 Å². The number of anilines is 1. The Kier molecular flexibility index (Phi) is 6.75. The highest BCUT2D eigenvalue weighted by molar-refractivity contribution is 6.02. The topological polar surface area (TPSA) is 138 Å². The van der Waals surface area contributed by atoms with Gasteiger partial charge in [0, 0.05) is 23.8 Å². The van der Waals surface area contributed by atoms with Crippen LogP contribution in [0, 0.1) is 5.41 Å². The minimum absolute atomic E-state index is 0.0394. The fraction of sp³-hybridized carbons (Fsp3) is 0.444. The molecule has 9 heteroatoms. The average molecular weight is 375 g/mol. The predicted octanol–water partition coefficient (Wildman–Crippen LogP) is 0.717. The van der Waals surface area contributed by atoms with Crippen LogP contribution in [0.1, 0.15) is 32.3 Å². The molecule has 0 saturated carbocycles. The lowest BCUT2D eigenvalue weighted by Gasteiger charge is -2.19. The Hall–Kier alpha value is -3.10. The van der Waals surface area contributed by atoms with Crippen molar-refractivity contribution in [2.75, 3.05) is 18.1 Å². The smallest absolute Gasteiger partial charge is 0.315 e. The lowest BCUT2D eigenvalue weighted by atomic mass is 10.2. The summed E-state index contributed by atoms with van der Waals surface area (Å²) in [4.78, 5) is 37.6. The molecule has 1 fully saturated rings. The van der Waals surface area contributed by atoms with E-state index in [1.54, 1.807) is 43.0 Å². The quantitative estimate of drug-likeness (QED) is 0.316. The van der Waals surface area contributed by atoms with E-state index >= 15 is 0 Å². The molecule has 1 aromatic carbocycles. The van der Waals surface area contributed by atoms with Gasteiger partial charge in [0.15, 0.2) is 0 Å². The molecule has 0 radical (unpaired) electrons. The molecule has 0 aromatic heterocycles. The van der Waals surface area contributed by atoms with Gasteiger partial charge >= 0.3 is 12.0 Å². The Labute approximate surface area is 157 Å². The minimum Gasteiger partial charge on any atom is -0.466 e. The Bertz CT molecular complexity index is 719. The van der Waals surface area contributed by atoms with Gasteiger partial charge in [-0.1, -0.05) is 0 Å². The fourth-order valence-electron chi connectivity index (χ4n) is 2.84. The number of amidine groups is 1. The molecule has 2 rings (SSSR count). The van der Waals surface area contributed by atoms with Gasteiger partial charge in [-0.15, -0.1) is 0 Å². The molecule has 3 amide bonds. The Balaban J connectivity index is 1.88. The van der Waals surface area contributed by atoms with Crippen molar-refractivity contribution in [1.82, 2.24) is 10.6 Å². The highest BCUT2D eigenvalue weighted by Crippen LogP contribution is 2.22. The summed E-state index contributed by atoms with van der Waals surface area (Å²) in [7, 11) is 0. The van der Waals surface area contributed by atoms with E-state index in [9.17, 15) is 14.4 Å². The number of ether oxygens (including phenoxy) is 1. The SMILES string of the molecule is CCOC(=O)C[C@@H](C)NC(=O)N[C@H]1CCN(c2ccc(C(=N)N)cc2)C1=O. The summed E-state index contributed by atoms with van der Waals surface area (Å²) in [6.45, 7) is 4.17. The summed E-state index contributed by atoms with van der Waals surface area (Å²) < 4.78 is 4.84. The van der Waals surface area contributed by atoms with E-state index in [1.807, 2.05) is 0 Å². The third-order valence-electron chi connectivity index (χ3n) is 4.16. The number of rotatable bonds is 7. The number of nitrogens with two attached hydrogens (primary N) is 1. The maximum atomic E-state index is 12.6. The van der Waals surface area contributed by atoms with Crippen LogP contribution in [0.25, 0.3) is 0 Å². The molecule has 5 N–H and O–H groups in total. The molecule has 0 unspecified atom stereocenters. The molecule has 0 spiro atoms. The van der Waals surface area contributed by atoms with Gasteiger partial charge < -0.3 is 26.0 Å². The summed E-state index contributed by atoms with van der Waals surface area (Å²) in [5.41, 5.74) is 6.69. The van der Waals surface area contributed by atoms with Crippen LogP contribution in [0.2, 0.25) is 0 Å². The lowest BCUT2D eigenvalue weighted by Crippen LogP contribution is -2.48. The van der Waals surface area contributed by atoms with Crippen LogP contribution in [-0.2, 0) is 14.3 Å². The highest BCUT2D eigenvalue weighted by Gasteiger charge is 2.33. The van der Waals surface area contributed by atoms with Crippen molar-refractivity contribution < 1.29 is 19.1 Å². The van der Waals surface area contributed by atoms with E-state index in [4.69, 9.17) is 15.9 Å². The Morgan fingerprint density at radius 3 is 2.63 bits per heavy atom. The standard InChI is InChI=1S/C18H25N5O4/c1-3-27-15(24)10-11(2)21-18(26)22-14-8-9-23(17(14)25)13-6-4-12(5-7-13)16(19)20/h4-7,11,14H,3,8-10H2,1-2H3,(H3,19,20)(H2,21,22,26)/t11-,14+/m1/s1. The first-order chi connectivity index (χ1) is 12.8. The maximum absolute atomic E-state index is 12.6. The van der Waals surface area contributed by atoms with Gasteiger partial charge in [-0.2, -0.15) is 0 Å². The molecule has 1 heterocycles. The van der Waals surface area contributed by atoms with Gasteiger partial charge in [0.25, 0.3) is 0 Å². The van der Waals surface area contributed by atoms with Crippen molar-refractivity contribution in [1.29, 1.82) is 5.41 Å². The number of esters is 1. The zero-order valence-corrected chi connectivity index (χ0v) is 15.5. The van der Waals surface area contributed by atoms with E-state index in [0.717, 1.165) is 0 Å². The van der Waals surface area contributed by atoms with Crippen LogP contribution in [-0.4, -0.2) is 49.0 Å². The Morgan fingerprint density at radius 2 is 2.04 bits per heavy atom. The molecule has 2 atom stereocenters. The van der Waals surface area contributed by atoms with Crippen LogP contribution in [0.3, 0.4) is 0 Å². The number of benzene rings is 1. The van der Waals surface area contributed by atoms with Crippen LogP contribution < -0.4 is 21.3 Å². The van der Waals surface area contributed by atoms with Crippen molar-refractivity contribution >= 4 is 29.4 Å². The maximum Gasteiger partial charge on any atom is 0.315 e. The molecule has 27 heavy (non-hydrogen) atoms. The number of nitrogens with one attached hydrogen (secondary N) is 3. The van der Waals surface area contributed by atoms with E-state index < -0.39 is 18.1 Å². The van der Waals surface area contributed by atoms with E-state index in [0.29, 0.717) is 24.2 Å². The van der Waals surface area contributed by atoms with Crippen LogP contribution in [0.15, 0.2) is 24.3 Å². The number of hydrogen-bond acceptors (Lipinski definition) is 5. The van der Waals surface area contributed by atoms with Crippen LogP contribution in [0.4, 0.5) is 10.5 Å². The molecule has 1 saturated heterocycles. The predicted molar refractivity (Wildman–Crippen MR) is 101 cm³/mol.